The zero-order valence-corrected chi connectivity index (χ0v) is 23.2. The van der Waals surface area contributed by atoms with Gasteiger partial charge in [-0.25, -0.2) is 5.43 Å². The Morgan fingerprint density at radius 2 is 1.92 bits per heavy atom. The van der Waals surface area contributed by atoms with Crippen molar-refractivity contribution in [1.29, 1.82) is 0 Å². The Labute approximate surface area is 229 Å². The zero-order valence-electron chi connectivity index (χ0n) is 23.2. The minimum absolute atomic E-state index is 0.0330. The molecule has 1 fully saturated rings. The lowest BCUT2D eigenvalue weighted by molar-refractivity contribution is -0.132. The molecular formula is C28H40N6O5. The first-order chi connectivity index (χ1) is 18.5. The summed E-state index contributed by atoms with van der Waals surface area (Å²) in [5.74, 6) is -0.621. The van der Waals surface area contributed by atoms with E-state index in [9.17, 15) is 14.4 Å². The first-order valence-corrected chi connectivity index (χ1v) is 13.5. The zero-order chi connectivity index (χ0) is 28.2. The molecule has 0 radical (unpaired) electrons. The minimum atomic E-state index is -0.831. The molecule has 3 aliphatic rings. The molecule has 0 saturated carbocycles. The van der Waals surface area contributed by atoms with Gasteiger partial charge in [0.1, 0.15) is 12.1 Å². The molecule has 1 saturated heterocycles. The van der Waals surface area contributed by atoms with E-state index < -0.39 is 23.4 Å². The van der Waals surface area contributed by atoms with Gasteiger partial charge in [-0.3, -0.25) is 19.4 Å². The molecule has 11 nitrogen and oxygen atoms in total. The number of carbonyl (C=O) groups is 3. The van der Waals surface area contributed by atoms with E-state index in [2.05, 4.69) is 26.1 Å². The summed E-state index contributed by atoms with van der Waals surface area (Å²) in [7, 11) is 0. The number of ether oxygens (including phenoxy) is 2. The third-order valence-electron chi connectivity index (χ3n) is 7.30. The van der Waals surface area contributed by atoms with E-state index in [1.165, 1.54) is 0 Å². The largest absolute Gasteiger partial charge is 0.436 e. The van der Waals surface area contributed by atoms with Crippen molar-refractivity contribution < 1.29 is 23.9 Å². The Balaban J connectivity index is 1.42. The summed E-state index contributed by atoms with van der Waals surface area (Å²) >= 11 is 0. The molecule has 4 rings (SSSR count). The fourth-order valence-electron chi connectivity index (χ4n) is 5.03. The highest BCUT2D eigenvalue weighted by Gasteiger charge is 2.39. The molecule has 11 heteroatoms. The second kappa shape index (κ2) is 12.2. The number of hydrazine groups is 1. The second-order valence-corrected chi connectivity index (χ2v) is 11.4. The van der Waals surface area contributed by atoms with Crippen molar-refractivity contribution in [2.24, 2.45) is 22.1 Å². The van der Waals surface area contributed by atoms with Crippen molar-refractivity contribution in [1.82, 2.24) is 16.1 Å². The predicted molar refractivity (Wildman–Crippen MR) is 148 cm³/mol. The monoisotopic (exact) mass is 540 g/mol. The Morgan fingerprint density at radius 1 is 1.21 bits per heavy atom. The van der Waals surface area contributed by atoms with E-state index >= 15 is 0 Å². The number of amides is 3. The smallest absolute Gasteiger partial charge is 0.284 e. The van der Waals surface area contributed by atoms with Crippen molar-refractivity contribution in [3.05, 3.63) is 41.2 Å². The number of anilines is 1. The van der Waals surface area contributed by atoms with Crippen LogP contribution in [0.4, 0.5) is 5.69 Å². The van der Waals surface area contributed by atoms with Gasteiger partial charge in [-0.15, -0.1) is 0 Å². The number of para-hydroxylation sites is 1. The highest BCUT2D eigenvalue weighted by molar-refractivity contribution is 5.97. The van der Waals surface area contributed by atoms with Crippen LogP contribution in [0.15, 0.2) is 40.6 Å². The van der Waals surface area contributed by atoms with Gasteiger partial charge in [-0.05, 0) is 49.2 Å². The van der Waals surface area contributed by atoms with Crippen LogP contribution in [-0.2, 0) is 23.9 Å². The Morgan fingerprint density at radius 3 is 2.62 bits per heavy atom. The number of carbonyl (C=O) groups excluding carboxylic acids is 3. The standard InChI is InChI=1S/C28H40N6O5/c1-17-9-12-30-21(39-23(17)25(29)35)15-31-27(37)24(28(2,3)4)32-26(36)22-19-7-5-6-8-20(19)34(33-22)16-18-10-13-38-14-11-18/h5-8,18,22,24,33H,9-16H2,1-4H3,(H2,29,35)(H,31,37)(H,32,36). The topological polar surface area (TPSA) is 147 Å². The molecule has 1 aromatic rings. The van der Waals surface area contributed by atoms with Crippen molar-refractivity contribution in [2.45, 2.75) is 59.0 Å². The third-order valence-corrected chi connectivity index (χ3v) is 7.30. The normalized spacial score (nSPS) is 20.9. The Bertz CT molecular complexity index is 1150. The molecule has 5 N–H and O–H groups in total. The maximum absolute atomic E-state index is 13.6. The van der Waals surface area contributed by atoms with Crippen molar-refractivity contribution >= 4 is 29.3 Å². The van der Waals surface area contributed by atoms with Crippen molar-refractivity contribution in [2.75, 3.05) is 37.9 Å². The fraction of sp³-hybridized carbons (Fsp3) is 0.571. The SMILES string of the molecule is CC1=C(C(N)=O)OC(CNC(=O)C(NC(=O)C2NN(CC3CCOCC3)c3ccccc32)C(C)(C)C)=NCC1. The number of nitrogens with zero attached hydrogens (tertiary/aromatic N) is 2. The molecule has 0 aliphatic carbocycles. The number of nitrogens with one attached hydrogen (secondary N) is 3. The van der Waals surface area contributed by atoms with Gasteiger partial charge in [-0.1, -0.05) is 39.0 Å². The highest BCUT2D eigenvalue weighted by Crippen LogP contribution is 2.34. The summed E-state index contributed by atoms with van der Waals surface area (Å²) in [6.45, 7) is 10.1. The lowest BCUT2D eigenvalue weighted by Gasteiger charge is -2.32. The molecule has 212 valence electrons. The van der Waals surface area contributed by atoms with E-state index in [-0.39, 0.29) is 30.0 Å². The number of hydrogen-bond donors (Lipinski definition) is 4. The first kappa shape index (κ1) is 28.6. The summed E-state index contributed by atoms with van der Waals surface area (Å²) in [5, 5.41) is 7.84. The number of rotatable bonds is 8. The fourth-order valence-corrected chi connectivity index (χ4v) is 5.03. The molecule has 1 aromatic carbocycles. The molecule has 0 spiro atoms. The lowest BCUT2D eigenvalue weighted by atomic mass is 9.85. The second-order valence-electron chi connectivity index (χ2n) is 11.4. The van der Waals surface area contributed by atoms with Gasteiger partial charge in [0.15, 0.2) is 5.76 Å². The minimum Gasteiger partial charge on any atom is -0.436 e. The lowest BCUT2D eigenvalue weighted by Crippen LogP contribution is -2.56. The molecule has 39 heavy (non-hydrogen) atoms. The van der Waals surface area contributed by atoms with Crippen LogP contribution in [0.25, 0.3) is 0 Å². The van der Waals surface area contributed by atoms with Crippen LogP contribution in [0.2, 0.25) is 0 Å². The van der Waals surface area contributed by atoms with Crippen LogP contribution in [-0.4, -0.2) is 62.5 Å². The first-order valence-electron chi connectivity index (χ1n) is 13.5. The Kier molecular flexibility index (Phi) is 8.91. The molecular weight excluding hydrogens is 500 g/mol. The molecule has 3 aliphatic heterocycles. The van der Waals surface area contributed by atoms with Gasteiger partial charge in [0.05, 0.1) is 12.2 Å². The predicted octanol–water partition coefficient (Wildman–Crippen LogP) is 1.70. The van der Waals surface area contributed by atoms with Crippen LogP contribution in [0.1, 0.15) is 58.6 Å². The van der Waals surface area contributed by atoms with Crippen LogP contribution in [0.5, 0.6) is 0 Å². The number of benzene rings is 1. The van der Waals surface area contributed by atoms with Crippen LogP contribution in [0.3, 0.4) is 0 Å². The molecule has 2 unspecified atom stereocenters. The number of hydrogen-bond acceptors (Lipinski definition) is 8. The van der Waals surface area contributed by atoms with Crippen molar-refractivity contribution in [3.8, 4) is 0 Å². The maximum Gasteiger partial charge on any atom is 0.284 e. The van der Waals surface area contributed by atoms with Gasteiger partial charge in [0, 0.05) is 31.9 Å². The number of primary amides is 1. The molecule has 0 bridgehead atoms. The molecule has 2 atom stereocenters. The molecule has 3 heterocycles. The van der Waals surface area contributed by atoms with Gasteiger partial charge in [0.2, 0.25) is 17.7 Å². The van der Waals surface area contributed by atoms with Gasteiger partial charge < -0.3 is 30.8 Å². The molecule has 3 amide bonds. The van der Waals surface area contributed by atoms with Gasteiger partial charge >= 0.3 is 0 Å². The van der Waals surface area contributed by atoms with E-state index in [1.807, 2.05) is 45.0 Å². The van der Waals surface area contributed by atoms with E-state index in [0.717, 1.165) is 43.9 Å². The summed E-state index contributed by atoms with van der Waals surface area (Å²) in [5.41, 5.74) is 10.8. The summed E-state index contributed by atoms with van der Waals surface area (Å²) in [6.07, 6.45) is 2.50. The quantitative estimate of drug-likeness (QED) is 0.392. The average Bonchev–Trinajstić information content (AvgIpc) is 3.14. The van der Waals surface area contributed by atoms with E-state index in [0.29, 0.717) is 24.5 Å². The van der Waals surface area contributed by atoms with E-state index in [1.54, 1.807) is 6.92 Å². The van der Waals surface area contributed by atoms with Crippen LogP contribution < -0.4 is 26.8 Å². The van der Waals surface area contributed by atoms with Gasteiger partial charge in [0.25, 0.3) is 5.91 Å². The van der Waals surface area contributed by atoms with Crippen LogP contribution in [0, 0.1) is 11.3 Å². The number of aliphatic imine (C=N–C) groups is 1. The maximum atomic E-state index is 13.6. The molecule has 0 aromatic heterocycles. The average molecular weight is 541 g/mol. The summed E-state index contributed by atoms with van der Waals surface area (Å²) < 4.78 is 11.1. The summed E-state index contributed by atoms with van der Waals surface area (Å²) in [6, 6.07) is 6.36. The third kappa shape index (κ3) is 6.96. The number of nitrogens with two attached hydrogens (primary N) is 1. The van der Waals surface area contributed by atoms with E-state index in [4.69, 9.17) is 15.2 Å². The summed E-state index contributed by atoms with van der Waals surface area (Å²) in [4.78, 5) is 43.0. The number of fused-ring (bicyclic) bond motifs is 1. The highest BCUT2D eigenvalue weighted by atomic mass is 16.5. The Hall–Kier alpha value is -3.44. The van der Waals surface area contributed by atoms with Crippen LogP contribution >= 0.6 is 0 Å². The van der Waals surface area contributed by atoms with Gasteiger partial charge in [-0.2, -0.15) is 0 Å². The van der Waals surface area contributed by atoms with Crippen molar-refractivity contribution in [3.63, 3.8) is 0 Å².